The number of urea groups is 1. The maximum atomic E-state index is 13.2. The van der Waals surface area contributed by atoms with Gasteiger partial charge in [-0.3, -0.25) is 14.9 Å². The molecule has 0 spiro atoms. The predicted octanol–water partition coefficient (Wildman–Crippen LogP) is 5.94. The van der Waals surface area contributed by atoms with Crippen LogP contribution in [0.4, 0.5) is 10.5 Å². The van der Waals surface area contributed by atoms with E-state index in [-0.39, 0.29) is 5.57 Å². The number of rotatable bonds is 4. The molecular weight excluding hydrogens is 492 g/mol. The Morgan fingerprint density at radius 3 is 2.29 bits per heavy atom. The maximum absolute atomic E-state index is 13.2. The summed E-state index contributed by atoms with van der Waals surface area (Å²) >= 11 is 3.63. The Morgan fingerprint density at radius 2 is 1.62 bits per heavy atom. The Morgan fingerprint density at radius 1 is 0.912 bits per heavy atom. The van der Waals surface area contributed by atoms with Gasteiger partial charge in [0, 0.05) is 4.47 Å². The number of hydrogen-bond acceptors (Lipinski definition) is 3. The lowest BCUT2D eigenvalue weighted by atomic mass is 9.99. The van der Waals surface area contributed by atoms with Crippen LogP contribution in [0.15, 0.2) is 64.6 Å². The Labute approximate surface area is 207 Å². The van der Waals surface area contributed by atoms with Crippen LogP contribution in [-0.2, 0) is 16.0 Å². The third kappa shape index (κ3) is 4.73. The second-order valence-corrected chi connectivity index (χ2v) is 9.55. The molecule has 0 aliphatic carbocycles. The largest absolute Gasteiger partial charge is 0.335 e. The fourth-order valence-electron chi connectivity index (χ4n) is 4.21. The van der Waals surface area contributed by atoms with Crippen LogP contribution >= 0.6 is 15.9 Å². The van der Waals surface area contributed by atoms with E-state index in [1.165, 1.54) is 22.8 Å². The molecule has 1 aliphatic rings. The lowest BCUT2D eigenvalue weighted by Crippen LogP contribution is -2.54. The van der Waals surface area contributed by atoms with E-state index in [0.29, 0.717) is 11.3 Å². The molecule has 34 heavy (non-hydrogen) atoms. The van der Waals surface area contributed by atoms with Crippen molar-refractivity contribution in [2.75, 3.05) is 4.90 Å². The van der Waals surface area contributed by atoms with Crippen LogP contribution < -0.4 is 10.2 Å². The highest BCUT2D eigenvalue weighted by Crippen LogP contribution is 2.28. The number of carbonyl (C=O) groups is 3. The van der Waals surface area contributed by atoms with Gasteiger partial charge < -0.3 is 0 Å². The minimum absolute atomic E-state index is 0.0885. The zero-order valence-corrected chi connectivity index (χ0v) is 21.1. The number of carbonyl (C=O) groups excluding carboxylic acids is 3. The average Bonchev–Trinajstić information content (AvgIpc) is 2.75. The highest BCUT2D eigenvalue weighted by Gasteiger charge is 2.37. The molecule has 172 valence electrons. The highest BCUT2D eigenvalue weighted by molar-refractivity contribution is 9.10. The summed E-state index contributed by atoms with van der Waals surface area (Å²) < 4.78 is 0.882. The molecule has 1 fully saturated rings. The maximum Gasteiger partial charge on any atom is 0.335 e. The Hall–Kier alpha value is -3.51. The summed E-state index contributed by atoms with van der Waals surface area (Å²) in [5.41, 5.74) is 7.56. The lowest BCUT2D eigenvalue weighted by Gasteiger charge is -2.28. The average molecular weight is 517 g/mol. The van der Waals surface area contributed by atoms with Crippen molar-refractivity contribution in [1.29, 1.82) is 0 Å². The Bertz CT molecular complexity index is 1350. The number of hydrogen-bond donors (Lipinski definition) is 1. The fraction of sp³-hybridized carbons (Fsp3) is 0.179. The van der Waals surface area contributed by atoms with Gasteiger partial charge >= 0.3 is 6.03 Å². The zero-order chi connectivity index (χ0) is 24.6. The molecule has 0 atom stereocenters. The number of halogens is 1. The van der Waals surface area contributed by atoms with Crippen molar-refractivity contribution in [3.8, 4) is 0 Å². The lowest BCUT2D eigenvalue weighted by molar-refractivity contribution is -0.122. The van der Waals surface area contributed by atoms with E-state index in [1.54, 1.807) is 12.1 Å². The molecule has 1 saturated heterocycles. The Balaban J connectivity index is 1.65. The van der Waals surface area contributed by atoms with Gasteiger partial charge in [-0.2, -0.15) is 0 Å². The highest BCUT2D eigenvalue weighted by atomic mass is 79.9. The zero-order valence-electron chi connectivity index (χ0n) is 19.5. The topological polar surface area (TPSA) is 66.5 Å². The molecule has 1 aliphatic heterocycles. The van der Waals surface area contributed by atoms with Crippen LogP contribution in [0.1, 0.15) is 38.9 Å². The molecule has 1 N–H and O–H groups in total. The number of nitrogens with one attached hydrogen (secondary N) is 1. The van der Waals surface area contributed by atoms with E-state index in [0.717, 1.165) is 32.5 Å². The van der Waals surface area contributed by atoms with E-state index in [2.05, 4.69) is 53.3 Å². The van der Waals surface area contributed by atoms with E-state index in [1.807, 2.05) is 38.1 Å². The molecule has 5 nitrogen and oxygen atoms in total. The molecule has 1 heterocycles. The van der Waals surface area contributed by atoms with Crippen LogP contribution in [-0.4, -0.2) is 17.8 Å². The standard InChI is InChI=1S/C28H25BrN2O3/c1-16-10-17(2)12-21(11-16)13-22-9-8-20(15-24(22)29)14-23-26(32)30-28(34)31(27(23)33)25-7-5-6-18(3)19(25)4/h5-12,14-15H,13H2,1-4H3,(H,30,32,34)/b23-14+. The number of imide groups is 2. The summed E-state index contributed by atoms with van der Waals surface area (Å²) in [5.74, 6) is -1.34. The first-order valence-corrected chi connectivity index (χ1v) is 11.8. The van der Waals surface area contributed by atoms with Crippen LogP contribution in [0.3, 0.4) is 0 Å². The number of benzene rings is 3. The predicted molar refractivity (Wildman–Crippen MR) is 138 cm³/mol. The van der Waals surface area contributed by atoms with Gasteiger partial charge in [0.15, 0.2) is 0 Å². The van der Waals surface area contributed by atoms with Crippen molar-refractivity contribution >= 4 is 45.5 Å². The number of barbiturate groups is 1. The van der Waals surface area contributed by atoms with E-state index < -0.39 is 17.8 Å². The van der Waals surface area contributed by atoms with Crippen LogP contribution in [0.5, 0.6) is 0 Å². The molecule has 0 bridgehead atoms. The minimum atomic E-state index is -0.745. The quantitative estimate of drug-likeness (QED) is 0.344. The van der Waals surface area contributed by atoms with E-state index in [4.69, 9.17) is 0 Å². The summed E-state index contributed by atoms with van der Waals surface area (Å²) in [6.07, 6.45) is 2.28. The normalized spacial score (nSPS) is 15.1. The van der Waals surface area contributed by atoms with Crippen molar-refractivity contribution in [2.24, 2.45) is 0 Å². The van der Waals surface area contributed by atoms with Gasteiger partial charge in [0.2, 0.25) is 0 Å². The first kappa shape index (κ1) is 23.6. The minimum Gasteiger partial charge on any atom is -0.273 e. The first-order chi connectivity index (χ1) is 16.1. The second kappa shape index (κ2) is 9.39. The van der Waals surface area contributed by atoms with Crippen molar-refractivity contribution < 1.29 is 14.4 Å². The molecule has 4 rings (SSSR count). The number of aryl methyl sites for hydroxylation is 3. The molecule has 3 aromatic rings. The molecule has 6 heteroatoms. The monoisotopic (exact) mass is 516 g/mol. The third-order valence-corrected chi connectivity index (χ3v) is 6.72. The van der Waals surface area contributed by atoms with Gasteiger partial charge in [-0.1, -0.05) is 69.5 Å². The number of nitrogens with zero attached hydrogens (tertiary/aromatic N) is 1. The third-order valence-electron chi connectivity index (χ3n) is 5.98. The van der Waals surface area contributed by atoms with Gasteiger partial charge in [0.25, 0.3) is 11.8 Å². The van der Waals surface area contributed by atoms with Crippen LogP contribution in [0, 0.1) is 27.7 Å². The van der Waals surface area contributed by atoms with Crippen molar-refractivity contribution in [3.63, 3.8) is 0 Å². The van der Waals surface area contributed by atoms with Crippen LogP contribution in [0.2, 0.25) is 0 Å². The summed E-state index contributed by atoms with van der Waals surface area (Å²) in [6, 6.07) is 16.8. The second-order valence-electron chi connectivity index (χ2n) is 8.70. The summed E-state index contributed by atoms with van der Waals surface area (Å²) in [7, 11) is 0. The van der Waals surface area contributed by atoms with Gasteiger partial charge in [-0.05, 0) is 80.1 Å². The van der Waals surface area contributed by atoms with Gasteiger partial charge in [0.1, 0.15) is 5.57 Å². The molecular formula is C28H25BrN2O3. The number of anilines is 1. The first-order valence-electron chi connectivity index (χ1n) is 11.0. The smallest absolute Gasteiger partial charge is 0.273 e. The van der Waals surface area contributed by atoms with Crippen molar-refractivity contribution in [2.45, 2.75) is 34.1 Å². The van der Waals surface area contributed by atoms with Gasteiger partial charge in [0.05, 0.1) is 5.69 Å². The van der Waals surface area contributed by atoms with E-state index >= 15 is 0 Å². The SMILES string of the molecule is Cc1cc(C)cc(Cc2ccc(/C=C3\C(=O)NC(=O)N(c4cccc(C)c4C)C3=O)cc2Br)c1. The molecule has 0 radical (unpaired) electrons. The molecule has 3 aromatic carbocycles. The van der Waals surface area contributed by atoms with Crippen molar-refractivity contribution in [1.82, 2.24) is 5.32 Å². The van der Waals surface area contributed by atoms with Gasteiger partial charge in [-0.15, -0.1) is 0 Å². The molecule has 0 saturated carbocycles. The van der Waals surface area contributed by atoms with E-state index in [9.17, 15) is 14.4 Å². The Kier molecular flexibility index (Phi) is 6.53. The fourth-order valence-corrected chi connectivity index (χ4v) is 4.75. The number of amides is 4. The molecule has 4 amide bonds. The van der Waals surface area contributed by atoms with Crippen molar-refractivity contribution in [3.05, 3.63) is 104 Å². The molecule has 0 unspecified atom stereocenters. The molecule has 0 aromatic heterocycles. The summed E-state index contributed by atoms with van der Waals surface area (Å²) in [5, 5.41) is 2.29. The van der Waals surface area contributed by atoms with Crippen LogP contribution in [0.25, 0.3) is 6.08 Å². The summed E-state index contributed by atoms with van der Waals surface area (Å²) in [6.45, 7) is 7.92. The summed E-state index contributed by atoms with van der Waals surface area (Å²) in [4.78, 5) is 39.3. The van der Waals surface area contributed by atoms with Gasteiger partial charge in [-0.25, -0.2) is 9.69 Å².